The van der Waals surface area contributed by atoms with Crippen LogP contribution in [-0.2, 0) is 26.2 Å². The van der Waals surface area contributed by atoms with Gasteiger partial charge in [0.25, 0.3) is 0 Å². The summed E-state index contributed by atoms with van der Waals surface area (Å²) in [6.45, 7) is 4.48. The van der Waals surface area contributed by atoms with Crippen molar-refractivity contribution in [2.45, 2.75) is 84.2 Å². The van der Waals surface area contributed by atoms with Crippen LogP contribution in [0.25, 0.3) is 0 Å². The summed E-state index contributed by atoms with van der Waals surface area (Å²) < 4.78 is 5.86. The number of aryl methyl sites for hydroxylation is 1. The zero-order chi connectivity index (χ0) is 21.1. The summed E-state index contributed by atoms with van der Waals surface area (Å²) in [4.78, 5) is 0. The van der Waals surface area contributed by atoms with E-state index >= 15 is 0 Å². The van der Waals surface area contributed by atoms with Gasteiger partial charge in [0.1, 0.15) is 12.4 Å². The molecule has 4 nitrogen and oxygen atoms in total. The number of ether oxygens (including phenoxy) is 1. The van der Waals surface area contributed by atoms with Crippen molar-refractivity contribution in [1.29, 1.82) is 0 Å². The highest BCUT2D eigenvalue weighted by molar-refractivity contribution is 5.32. The van der Waals surface area contributed by atoms with Gasteiger partial charge >= 0.3 is 0 Å². The van der Waals surface area contributed by atoms with Crippen LogP contribution in [0.3, 0.4) is 0 Å². The molecule has 0 amide bonds. The van der Waals surface area contributed by atoms with Crippen molar-refractivity contribution >= 4 is 0 Å². The normalized spacial score (nSPS) is 13.3. The molecule has 1 unspecified atom stereocenters. The Hall–Kier alpha value is -1.88. The van der Waals surface area contributed by atoms with E-state index in [2.05, 4.69) is 26.0 Å². The fraction of sp³-hybridized carbons (Fsp3) is 0.520. The Labute approximate surface area is 175 Å². The summed E-state index contributed by atoms with van der Waals surface area (Å²) in [5, 5.41) is 29.5. The highest BCUT2D eigenvalue weighted by Gasteiger charge is 2.23. The lowest BCUT2D eigenvalue weighted by Crippen LogP contribution is -2.28. The van der Waals surface area contributed by atoms with E-state index in [1.54, 1.807) is 0 Å². The van der Waals surface area contributed by atoms with Crippen LogP contribution in [0.15, 0.2) is 42.5 Å². The molecular weight excluding hydrogens is 364 g/mol. The standard InChI is InChI=1S/C25H36O4/c1-3-5-6-14-25(28,4-2)15-13-20-8-11-24(12-9-20)29-19-21-7-10-22(17-26)23(16-21)18-27/h7-12,16,26-28H,3-6,13-15,17-19H2,1-2H3. The second-order valence-corrected chi connectivity index (χ2v) is 7.89. The van der Waals surface area contributed by atoms with Crippen LogP contribution in [0.4, 0.5) is 0 Å². The van der Waals surface area contributed by atoms with Gasteiger partial charge in [0.2, 0.25) is 0 Å². The quantitative estimate of drug-likeness (QED) is 0.418. The fourth-order valence-corrected chi connectivity index (χ4v) is 3.55. The number of unbranched alkanes of at least 4 members (excludes halogenated alkanes) is 2. The molecule has 0 aliphatic rings. The molecule has 0 aliphatic heterocycles. The Morgan fingerprint density at radius 2 is 1.52 bits per heavy atom. The summed E-state index contributed by atoms with van der Waals surface area (Å²) in [6, 6.07) is 13.6. The first-order valence-corrected chi connectivity index (χ1v) is 10.8. The van der Waals surface area contributed by atoms with Crippen LogP contribution in [0.5, 0.6) is 5.75 Å². The first-order valence-electron chi connectivity index (χ1n) is 10.8. The molecule has 2 rings (SSSR count). The first kappa shape index (κ1) is 23.4. The molecular formula is C25H36O4. The molecule has 0 aliphatic carbocycles. The Morgan fingerprint density at radius 1 is 0.828 bits per heavy atom. The average Bonchev–Trinajstić information content (AvgIpc) is 2.77. The van der Waals surface area contributed by atoms with E-state index in [1.165, 1.54) is 18.4 Å². The molecule has 160 valence electrons. The molecule has 1 atom stereocenters. The summed E-state index contributed by atoms with van der Waals surface area (Å²) in [5.41, 5.74) is 3.06. The molecule has 0 saturated carbocycles. The van der Waals surface area contributed by atoms with Gasteiger partial charge in [-0.25, -0.2) is 0 Å². The fourth-order valence-electron chi connectivity index (χ4n) is 3.55. The number of aliphatic hydroxyl groups excluding tert-OH is 2. The average molecular weight is 401 g/mol. The minimum absolute atomic E-state index is 0.0791. The van der Waals surface area contributed by atoms with Gasteiger partial charge in [-0.1, -0.05) is 57.4 Å². The second-order valence-electron chi connectivity index (χ2n) is 7.89. The Balaban J connectivity index is 1.87. The number of benzene rings is 2. The smallest absolute Gasteiger partial charge is 0.119 e. The Kier molecular flexibility index (Phi) is 9.65. The van der Waals surface area contributed by atoms with Gasteiger partial charge in [0.15, 0.2) is 0 Å². The van der Waals surface area contributed by atoms with Gasteiger partial charge in [-0.15, -0.1) is 0 Å². The Morgan fingerprint density at radius 3 is 2.14 bits per heavy atom. The molecule has 0 aromatic heterocycles. The lowest BCUT2D eigenvalue weighted by atomic mass is 9.87. The van der Waals surface area contributed by atoms with E-state index in [0.29, 0.717) is 6.61 Å². The van der Waals surface area contributed by atoms with Crippen molar-refractivity contribution in [2.75, 3.05) is 0 Å². The molecule has 0 spiro atoms. The zero-order valence-electron chi connectivity index (χ0n) is 17.9. The number of rotatable bonds is 13. The van der Waals surface area contributed by atoms with E-state index < -0.39 is 5.60 Å². The van der Waals surface area contributed by atoms with Gasteiger partial charge in [-0.2, -0.15) is 0 Å². The predicted molar refractivity (Wildman–Crippen MR) is 117 cm³/mol. The summed E-state index contributed by atoms with van der Waals surface area (Å²) >= 11 is 0. The molecule has 2 aromatic rings. The van der Waals surface area contributed by atoms with E-state index in [9.17, 15) is 15.3 Å². The van der Waals surface area contributed by atoms with Crippen LogP contribution < -0.4 is 4.74 Å². The summed E-state index contributed by atoms with van der Waals surface area (Å²) in [5.74, 6) is 0.791. The maximum atomic E-state index is 10.8. The lowest BCUT2D eigenvalue weighted by molar-refractivity contribution is 0.0168. The van der Waals surface area contributed by atoms with Crippen LogP contribution in [0, 0.1) is 0 Å². The maximum absolute atomic E-state index is 10.8. The van der Waals surface area contributed by atoms with Crippen molar-refractivity contribution in [3.8, 4) is 5.75 Å². The molecule has 29 heavy (non-hydrogen) atoms. The van der Waals surface area contributed by atoms with Gasteiger partial charge in [-0.3, -0.25) is 0 Å². The van der Waals surface area contributed by atoms with Crippen LogP contribution >= 0.6 is 0 Å². The largest absolute Gasteiger partial charge is 0.489 e. The molecule has 0 bridgehead atoms. The molecule has 4 heteroatoms. The van der Waals surface area contributed by atoms with Gasteiger partial charge in [0, 0.05) is 0 Å². The van der Waals surface area contributed by atoms with E-state index in [1.807, 2.05) is 30.3 Å². The summed E-state index contributed by atoms with van der Waals surface area (Å²) in [7, 11) is 0. The number of hydrogen-bond donors (Lipinski definition) is 3. The summed E-state index contributed by atoms with van der Waals surface area (Å²) in [6.07, 6.45) is 6.76. The van der Waals surface area contributed by atoms with Crippen LogP contribution in [-0.4, -0.2) is 20.9 Å². The number of aliphatic hydroxyl groups is 3. The molecule has 0 fully saturated rings. The molecule has 2 aromatic carbocycles. The van der Waals surface area contributed by atoms with E-state index in [-0.39, 0.29) is 13.2 Å². The van der Waals surface area contributed by atoms with E-state index in [4.69, 9.17) is 4.74 Å². The predicted octanol–water partition coefficient (Wildman–Crippen LogP) is 4.90. The van der Waals surface area contributed by atoms with Gasteiger partial charge < -0.3 is 20.1 Å². The second kappa shape index (κ2) is 12.0. The minimum Gasteiger partial charge on any atom is -0.489 e. The SMILES string of the molecule is CCCCCC(O)(CC)CCc1ccc(OCc2ccc(CO)c(CO)c2)cc1. The van der Waals surface area contributed by atoms with Crippen molar-refractivity contribution < 1.29 is 20.1 Å². The van der Waals surface area contributed by atoms with Crippen molar-refractivity contribution in [2.24, 2.45) is 0 Å². The third kappa shape index (κ3) is 7.46. The number of hydrogen-bond acceptors (Lipinski definition) is 4. The molecule has 0 radical (unpaired) electrons. The molecule has 3 N–H and O–H groups in total. The zero-order valence-corrected chi connectivity index (χ0v) is 17.9. The maximum Gasteiger partial charge on any atom is 0.119 e. The van der Waals surface area contributed by atoms with Crippen molar-refractivity contribution in [3.05, 3.63) is 64.7 Å². The van der Waals surface area contributed by atoms with Gasteiger partial charge in [0.05, 0.1) is 18.8 Å². The highest BCUT2D eigenvalue weighted by atomic mass is 16.5. The topological polar surface area (TPSA) is 69.9 Å². The monoisotopic (exact) mass is 400 g/mol. The van der Waals surface area contributed by atoms with Crippen molar-refractivity contribution in [1.82, 2.24) is 0 Å². The van der Waals surface area contributed by atoms with Crippen LogP contribution in [0.2, 0.25) is 0 Å². The van der Waals surface area contributed by atoms with E-state index in [0.717, 1.165) is 54.5 Å². The Bertz CT molecular complexity index is 726. The lowest BCUT2D eigenvalue weighted by Gasteiger charge is -2.27. The highest BCUT2D eigenvalue weighted by Crippen LogP contribution is 2.26. The van der Waals surface area contributed by atoms with Crippen molar-refractivity contribution in [3.63, 3.8) is 0 Å². The minimum atomic E-state index is -0.560. The van der Waals surface area contributed by atoms with Gasteiger partial charge in [-0.05, 0) is 66.1 Å². The molecule has 0 saturated heterocycles. The third-order valence-electron chi connectivity index (χ3n) is 5.72. The first-order chi connectivity index (χ1) is 14.0. The van der Waals surface area contributed by atoms with Crippen LogP contribution in [0.1, 0.15) is 74.6 Å². The molecule has 0 heterocycles. The third-order valence-corrected chi connectivity index (χ3v) is 5.72.